The lowest BCUT2D eigenvalue weighted by molar-refractivity contribution is 0.0526. The molecule has 0 aliphatic heterocycles. The molecule has 1 fully saturated rings. The molecule has 0 saturated heterocycles. The zero-order valence-electron chi connectivity index (χ0n) is 18.4. The van der Waals surface area contributed by atoms with Gasteiger partial charge in [0, 0.05) is 5.69 Å². The first-order valence-corrected chi connectivity index (χ1v) is 10.9. The summed E-state index contributed by atoms with van der Waals surface area (Å²) in [6.07, 6.45) is 5.37. The summed E-state index contributed by atoms with van der Waals surface area (Å²) >= 11 is 0. The molecule has 1 aliphatic carbocycles. The molecule has 31 heavy (non-hydrogen) atoms. The van der Waals surface area contributed by atoms with E-state index in [1.807, 2.05) is 12.1 Å². The SMILES string of the molecule is CCOC(=O)c1ccc(-n2nnnc2C2(Nc3cc(C)cc(C)c3)CCCCC2)cc1. The fourth-order valence-corrected chi connectivity index (χ4v) is 4.50. The quantitative estimate of drug-likeness (QED) is 0.582. The molecule has 0 radical (unpaired) electrons. The van der Waals surface area contributed by atoms with Crippen LogP contribution in [-0.4, -0.2) is 32.8 Å². The van der Waals surface area contributed by atoms with Gasteiger partial charge in [-0.2, -0.15) is 4.68 Å². The first kappa shape index (κ1) is 21.0. The Labute approximate surface area is 182 Å². The van der Waals surface area contributed by atoms with E-state index in [0.717, 1.165) is 42.9 Å². The van der Waals surface area contributed by atoms with E-state index in [4.69, 9.17) is 4.74 Å². The number of hydrogen-bond donors (Lipinski definition) is 1. The third kappa shape index (κ3) is 4.45. The second kappa shape index (κ2) is 8.88. The number of ether oxygens (including phenoxy) is 1. The molecule has 0 spiro atoms. The molecule has 7 heteroatoms. The van der Waals surface area contributed by atoms with Crippen LogP contribution in [0.25, 0.3) is 5.69 Å². The molecule has 0 amide bonds. The highest BCUT2D eigenvalue weighted by Gasteiger charge is 2.39. The van der Waals surface area contributed by atoms with Crippen LogP contribution >= 0.6 is 0 Å². The summed E-state index contributed by atoms with van der Waals surface area (Å²) in [6, 6.07) is 13.7. The molecule has 0 atom stereocenters. The highest BCUT2D eigenvalue weighted by Crippen LogP contribution is 2.40. The number of esters is 1. The van der Waals surface area contributed by atoms with Crippen molar-refractivity contribution in [2.24, 2.45) is 0 Å². The second-order valence-electron chi connectivity index (χ2n) is 8.33. The number of nitrogens with zero attached hydrogens (tertiary/aromatic N) is 4. The molecule has 1 N–H and O–H groups in total. The van der Waals surface area contributed by atoms with Gasteiger partial charge in [0.1, 0.15) is 0 Å². The van der Waals surface area contributed by atoms with Crippen LogP contribution in [0.15, 0.2) is 42.5 Å². The Morgan fingerprint density at radius 2 is 1.74 bits per heavy atom. The monoisotopic (exact) mass is 419 g/mol. The zero-order chi connectivity index (χ0) is 21.8. The number of anilines is 1. The van der Waals surface area contributed by atoms with Crippen LogP contribution in [-0.2, 0) is 10.3 Å². The minimum absolute atomic E-state index is 0.328. The van der Waals surface area contributed by atoms with Gasteiger partial charge >= 0.3 is 5.97 Å². The highest BCUT2D eigenvalue weighted by atomic mass is 16.5. The maximum Gasteiger partial charge on any atom is 0.338 e. The van der Waals surface area contributed by atoms with Gasteiger partial charge in [0.15, 0.2) is 5.82 Å². The first-order chi connectivity index (χ1) is 15.0. The summed E-state index contributed by atoms with van der Waals surface area (Å²) < 4.78 is 6.87. The van der Waals surface area contributed by atoms with Gasteiger partial charge in [-0.3, -0.25) is 0 Å². The van der Waals surface area contributed by atoms with E-state index in [1.165, 1.54) is 17.5 Å². The molecule has 3 aromatic rings. The zero-order valence-corrected chi connectivity index (χ0v) is 18.4. The average molecular weight is 420 g/mol. The second-order valence-corrected chi connectivity index (χ2v) is 8.33. The topological polar surface area (TPSA) is 81.9 Å². The Balaban J connectivity index is 1.70. The molecule has 1 saturated carbocycles. The molecule has 1 heterocycles. The largest absolute Gasteiger partial charge is 0.462 e. The third-order valence-electron chi connectivity index (χ3n) is 5.83. The van der Waals surface area contributed by atoms with E-state index in [0.29, 0.717) is 12.2 Å². The van der Waals surface area contributed by atoms with Gasteiger partial charge in [0.25, 0.3) is 0 Å². The summed E-state index contributed by atoms with van der Waals surface area (Å²) in [4.78, 5) is 12.0. The maximum atomic E-state index is 12.0. The van der Waals surface area contributed by atoms with Crippen LogP contribution in [0.5, 0.6) is 0 Å². The third-order valence-corrected chi connectivity index (χ3v) is 5.83. The van der Waals surface area contributed by atoms with Crippen molar-refractivity contribution in [3.63, 3.8) is 0 Å². The number of nitrogens with one attached hydrogen (secondary N) is 1. The number of hydrogen-bond acceptors (Lipinski definition) is 6. The lowest BCUT2D eigenvalue weighted by atomic mass is 9.80. The predicted molar refractivity (Wildman–Crippen MR) is 119 cm³/mol. The van der Waals surface area contributed by atoms with Crippen LogP contribution in [0.2, 0.25) is 0 Å². The van der Waals surface area contributed by atoms with E-state index < -0.39 is 0 Å². The average Bonchev–Trinajstić information content (AvgIpc) is 3.25. The number of carbonyl (C=O) groups is 1. The van der Waals surface area contributed by atoms with Crippen LogP contribution < -0.4 is 5.32 Å². The number of carbonyl (C=O) groups excluding carboxylic acids is 1. The van der Waals surface area contributed by atoms with E-state index >= 15 is 0 Å². The summed E-state index contributed by atoms with van der Waals surface area (Å²) in [7, 11) is 0. The summed E-state index contributed by atoms with van der Waals surface area (Å²) in [6.45, 7) is 6.37. The van der Waals surface area contributed by atoms with Gasteiger partial charge < -0.3 is 10.1 Å². The van der Waals surface area contributed by atoms with Gasteiger partial charge in [-0.05, 0) is 91.6 Å². The Morgan fingerprint density at radius 1 is 1.06 bits per heavy atom. The Bertz CT molecular complexity index is 1030. The first-order valence-electron chi connectivity index (χ1n) is 10.9. The molecule has 0 bridgehead atoms. The van der Waals surface area contributed by atoms with Crippen LogP contribution in [0.4, 0.5) is 5.69 Å². The molecule has 2 aromatic carbocycles. The van der Waals surface area contributed by atoms with E-state index in [9.17, 15) is 4.79 Å². The molecule has 1 aliphatic rings. The summed E-state index contributed by atoms with van der Waals surface area (Å²) in [5.41, 5.74) is 4.53. The van der Waals surface area contributed by atoms with Crippen molar-refractivity contribution in [1.29, 1.82) is 0 Å². The summed E-state index contributed by atoms with van der Waals surface area (Å²) in [5.74, 6) is 0.474. The van der Waals surface area contributed by atoms with Crippen molar-refractivity contribution >= 4 is 11.7 Å². The highest BCUT2D eigenvalue weighted by molar-refractivity contribution is 5.89. The molecule has 1 aromatic heterocycles. The molecular formula is C24H29N5O2. The van der Waals surface area contributed by atoms with E-state index in [1.54, 1.807) is 23.7 Å². The Hall–Kier alpha value is -3.22. The number of rotatable bonds is 6. The van der Waals surface area contributed by atoms with Crippen molar-refractivity contribution in [1.82, 2.24) is 20.2 Å². The fourth-order valence-electron chi connectivity index (χ4n) is 4.50. The number of aromatic nitrogens is 4. The minimum Gasteiger partial charge on any atom is -0.462 e. The number of aryl methyl sites for hydroxylation is 2. The molecule has 0 unspecified atom stereocenters. The van der Waals surface area contributed by atoms with E-state index in [-0.39, 0.29) is 11.5 Å². The fraction of sp³-hybridized carbons (Fsp3) is 0.417. The maximum absolute atomic E-state index is 12.0. The van der Waals surface area contributed by atoms with Gasteiger partial charge in [-0.1, -0.05) is 25.3 Å². The van der Waals surface area contributed by atoms with Crippen molar-refractivity contribution in [3.05, 3.63) is 65.0 Å². The van der Waals surface area contributed by atoms with Crippen molar-refractivity contribution < 1.29 is 9.53 Å². The normalized spacial score (nSPS) is 15.5. The van der Waals surface area contributed by atoms with Crippen molar-refractivity contribution in [3.8, 4) is 5.69 Å². The lowest BCUT2D eigenvalue weighted by Gasteiger charge is -2.37. The van der Waals surface area contributed by atoms with Gasteiger partial charge in [0.05, 0.1) is 23.4 Å². The minimum atomic E-state index is -0.345. The Kier molecular flexibility index (Phi) is 6.02. The summed E-state index contributed by atoms with van der Waals surface area (Å²) in [5, 5.41) is 16.6. The predicted octanol–water partition coefficient (Wildman–Crippen LogP) is 4.73. The lowest BCUT2D eigenvalue weighted by Crippen LogP contribution is -2.40. The van der Waals surface area contributed by atoms with Crippen molar-refractivity contribution in [2.45, 2.75) is 58.4 Å². The Morgan fingerprint density at radius 3 is 2.39 bits per heavy atom. The van der Waals surface area contributed by atoms with Crippen LogP contribution in [0, 0.1) is 13.8 Å². The number of tetrazole rings is 1. The molecule has 162 valence electrons. The molecular weight excluding hydrogens is 390 g/mol. The number of benzene rings is 2. The smallest absolute Gasteiger partial charge is 0.338 e. The standard InChI is InChI=1S/C24H29N5O2/c1-4-31-22(30)19-8-10-21(11-9-19)29-23(26-27-28-29)24(12-6-5-7-13-24)25-20-15-17(2)14-18(3)16-20/h8-11,14-16,25H,4-7,12-13H2,1-3H3. The van der Waals surface area contributed by atoms with Gasteiger partial charge in [-0.15, -0.1) is 5.10 Å². The van der Waals surface area contributed by atoms with E-state index in [2.05, 4.69) is 52.9 Å². The molecule has 7 nitrogen and oxygen atoms in total. The van der Waals surface area contributed by atoms with Gasteiger partial charge in [0.2, 0.25) is 0 Å². The van der Waals surface area contributed by atoms with Gasteiger partial charge in [-0.25, -0.2) is 4.79 Å². The van der Waals surface area contributed by atoms with Crippen LogP contribution in [0.1, 0.15) is 66.3 Å². The molecule has 4 rings (SSSR count). The van der Waals surface area contributed by atoms with Crippen molar-refractivity contribution in [2.75, 3.05) is 11.9 Å². The van der Waals surface area contributed by atoms with Crippen LogP contribution in [0.3, 0.4) is 0 Å².